The lowest BCUT2D eigenvalue weighted by Crippen LogP contribution is -2.45. The fourth-order valence-corrected chi connectivity index (χ4v) is 1.21. The number of hydrogen-bond acceptors (Lipinski definition) is 3. The van der Waals surface area contributed by atoms with Gasteiger partial charge in [-0.05, 0) is 53.5 Å². The standard InChI is InChI=1S/C14H29NO2/c1-11(2)8-9-15-14(6,7)10-17-12(16)13(3,4)5/h11,15H,8-10H2,1-7H3. The van der Waals surface area contributed by atoms with Crippen molar-refractivity contribution in [2.24, 2.45) is 11.3 Å². The molecular weight excluding hydrogens is 214 g/mol. The van der Waals surface area contributed by atoms with Gasteiger partial charge in [0.1, 0.15) is 6.61 Å². The van der Waals surface area contributed by atoms with Crippen LogP contribution in [-0.2, 0) is 9.53 Å². The fraction of sp³-hybridized carbons (Fsp3) is 0.929. The van der Waals surface area contributed by atoms with E-state index in [0.29, 0.717) is 12.5 Å². The average molecular weight is 243 g/mol. The molecule has 1 N–H and O–H groups in total. The molecule has 0 fully saturated rings. The molecular formula is C14H29NO2. The highest BCUT2D eigenvalue weighted by atomic mass is 16.5. The third kappa shape index (κ3) is 8.19. The van der Waals surface area contributed by atoms with Crippen LogP contribution in [0.3, 0.4) is 0 Å². The average Bonchev–Trinajstić information content (AvgIpc) is 2.11. The summed E-state index contributed by atoms with van der Waals surface area (Å²) >= 11 is 0. The summed E-state index contributed by atoms with van der Waals surface area (Å²) in [5.74, 6) is 0.548. The first-order valence-electron chi connectivity index (χ1n) is 6.47. The third-order valence-corrected chi connectivity index (χ3v) is 2.50. The summed E-state index contributed by atoms with van der Waals surface area (Å²) in [7, 11) is 0. The maximum absolute atomic E-state index is 11.6. The molecule has 0 bridgehead atoms. The molecule has 0 aromatic rings. The molecule has 0 rings (SSSR count). The zero-order chi connectivity index (χ0) is 13.7. The minimum atomic E-state index is -0.423. The van der Waals surface area contributed by atoms with E-state index >= 15 is 0 Å². The van der Waals surface area contributed by atoms with Gasteiger partial charge in [0.25, 0.3) is 0 Å². The molecule has 102 valence electrons. The van der Waals surface area contributed by atoms with E-state index in [0.717, 1.165) is 13.0 Å². The van der Waals surface area contributed by atoms with Crippen LogP contribution < -0.4 is 5.32 Å². The van der Waals surface area contributed by atoms with Crippen LogP contribution in [0.5, 0.6) is 0 Å². The van der Waals surface area contributed by atoms with Crippen molar-refractivity contribution in [1.29, 1.82) is 0 Å². The van der Waals surface area contributed by atoms with Gasteiger partial charge in [0.2, 0.25) is 0 Å². The minimum absolute atomic E-state index is 0.142. The summed E-state index contributed by atoms with van der Waals surface area (Å²) < 4.78 is 5.33. The number of carbonyl (C=O) groups is 1. The van der Waals surface area contributed by atoms with Gasteiger partial charge in [-0.15, -0.1) is 0 Å². The Labute approximate surface area is 106 Å². The van der Waals surface area contributed by atoms with Crippen molar-refractivity contribution in [1.82, 2.24) is 5.32 Å². The van der Waals surface area contributed by atoms with Gasteiger partial charge < -0.3 is 10.1 Å². The third-order valence-electron chi connectivity index (χ3n) is 2.50. The SMILES string of the molecule is CC(C)CCNC(C)(C)COC(=O)C(C)(C)C. The Kier molecular flexibility index (Phi) is 6.17. The van der Waals surface area contributed by atoms with Crippen LogP contribution in [-0.4, -0.2) is 24.7 Å². The van der Waals surface area contributed by atoms with Crippen molar-refractivity contribution in [2.45, 2.75) is 60.4 Å². The van der Waals surface area contributed by atoms with Gasteiger partial charge in [-0.25, -0.2) is 0 Å². The van der Waals surface area contributed by atoms with Crippen LogP contribution in [0.1, 0.15) is 54.9 Å². The smallest absolute Gasteiger partial charge is 0.311 e. The second kappa shape index (κ2) is 6.39. The molecule has 0 unspecified atom stereocenters. The Morgan fingerprint density at radius 1 is 1.18 bits per heavy atom. The molecule has 0 aliphatic rings. The molecule has 3 nitrogen and oxygen atoms in total. The van der Waals surface area contributed by atoms with E-state index in [9.17, 15) is 4.79 Å². The van der Waals surface area contributed by atoms with E-state index < -0.39 is 5.41 Å². The Morgan fingerprint density at radius 2 is 1.71 bits per heavy atom. The Morgan fingerprint density at radius 3 is 2.12 bits per heavy atom. The van der Waals surface area contributed by atoms with E-state index in [-0.39, 0.29) is 11.5 Å². The lowest BCUT2D eigenvalue weighted by molar-refractivity contribution is -0.154. The summed E-state index contributed by atoms with van der Waals surface area (Å²) in [6, 6.07) is 0. The van der Waals surface area contributed by atoms with Gasteiger partial charge in [0.15, 0.2) is 0 Å². The molecule has 0 aromatic heterocycles. The van der Waals surface area contributed by atoms with Gasteiger partial charge in [-0.2, -0.15) is 0 Å². The van der Waals surface area contributed by atoms with E-state index in [1.807, 2.05) is 20.8 Å². The van der Waals surface area contributed by atoms with E-state index in [4.69, 9.17) is 4.74 Å². The number of carbonyl (C=O) groups excluding carboxylic acids is 1. The first-order valence-corrected chi connectivity index (χ1v) is 6.47. The van der Waals surface area contributed by atoms with Crippen molar-refractivity contribution in [2.75, 3.05) is 13.2 Å². The second-order valence-corrected chi connectivity index (χ2v) is 6.82. The normalized spacial score (nSPS) is 12.9. The summed E-state index contributed by atoms with van der Waals surface area (Å²) in [4.78, 5) is 11.6. The maximum Gasteiger partial charge on any atom is 0.311 e. The van der Waals surface area contributed by atoms with Crippen LogP contribution in [0.25, 0.3) is 0 Å². The van der Waals surface area contributed by atoms with Gasteiger partial charge in [-0.3, -0.25) is 4.79 Å². The van der Waals surface area contributed by atoms with Crippen molar-refractivity contribution in [3.63, 3.8) is 0 Å². The van der Waals surface area contributed by atoms with Crippen LogP contribution in [0.4, 0.5) is 0 Å². The van der Waals surface area contributed by atoms with Gasteiger partial charge in [0.05, 0.1) is 5.41 Å². The zero-order valence-corrected chi connectivity index (χ0v) is 12.5. The number of nitrogens with one attached hydrogen (secondary N) is 1. The van der Waals surface area contributed by atoms with Gasteiger partial charge >= 0.3 is 5.97 Å². The number of rotatable bonds is 6. The quantitative estimate of drug-likeness (QED) is 0.729. The second-order valence-electron chi connectivity index (χ2n) is 6.82. The fourth-order valence-electron chi connectivity index (χ4n) is 1.21. The number of hydrogen-bond donors (Lipinski definition) is 1. The van der Waals surface area contributed by atoms with Crippen LogP contribution in [0.15, 0.2) is 0 Å². The number of ether oxygens (including phenoxy) is 1. The topological polar surface area (TPSA) is 38.3 Å². The molecule has 0 saturated heterocycles. The predicted octanol–water partition coefficient (Wildman–Crippen LogP) is 2.99. The van der Waals surface area contributed by atoms with Crippen LogP contribution in [0.2, 0.25) is 0 Å². The molecule has 0 spiro atoms. The Hall–Kier alpha value is -0.570. The molecule has 0 atom stereocenters. The summed E-state index contributed by atoms with van der Waals surface area (Å²) in [6.07, 6.45) is 1.14. The molecule has 3 heteroatoms. The van der Waals surface area contributed by atoms with E-state index in [1.165, 1.54) is 0 Å². The summed E-state index contributed by atoms with van der Waals surface area (Å²) in [5, 5.41) is 3.42. The van der Waals surface area contributed by atoms with Gasteiger partial charge in [0, 0.05) is 5.54 Å². The summed E-state index contributed by atoms with van der Waals surface area (Å²) in [5.41, 5.74) is -0.580. The van der Waals surface area contributed by atoms with Crippen LogP contribution >= 0.6 is 0 Å². The molecule has 0 aliphatic heterocycles. The molecule has 0 aliphatic carbocycles. The largest absolute Gasteiger partial charge is 0.463 e. The lowest BCUT2D eigenvalue weighted by atomic mass is 9.97. The summed E-state index contributed by atoms with van der Waals surface area (Å²) in [6.45, 7) is 15.5. The molecule has 0 saturated carbocycles. The highest BCUT2D eigenvalue weighted by Gasteiger charge is 2.26. The predicted molar refractivity (Wildman–Crippen MR) is 72.0 cm³/mol. The monoisotopic (exact) mass is 243 g/mol. The minimum Gasteiger partial charge on any atom is -0.463 e. The highest BCUT2D eigenvalue weighted by Crippen LogP contribution is 2.16. The van der Waals surface area contributed by atoms with Crippen molar-refractivity contribution >= 4 is 5.97 Å². The van der Waals surface area contributed by atoms with Crippen LogP contribution in [0, 0.1) is 11.3 Å². The van der Waals surface area contributed by atoms with Crippen molar-refractivity contribution < 1.29 is 9.53 Å². The Balaban J connectivity index is 3.97. The number of esters is 1. The highest BCUT2D eigenvalue weighted by molar-refractivity contribution is 5.75. The van der Waals surface area contributed by atoms with Crippen molar-refractivity contribution in [3.05, 3.63) is 0 Å². The molecule has 0 radical (unpaired) electrons. The molecule has 17 heavy (non-hydrogen) atoms. The first kappa shape index (κ1) is 16.4. The van der Waals surface area contributed by atoms with Crippen molar-refractivity contribution in [3.8, 4) is 0 Å². The molecule has 0 heterocycles. The lowest BCUT2D eigenvalue weighted by Gasteiger charge is -2.28. The van der Waals surface area contributed by atoms with E-state index in [2.05, 4.69) is 33.0 Å². The van der Waals surface area contributed by atoms with Gasteiger partial charge in [-0.1, -0.05) is 13.8 Å². The zero-order valence-electron chi connectivity index (χ0n) is 12.5. The molecule has 0 amide bonds. The first-order chi connectivity index (χ1) is 7.54. The molecule has 0 aromatic carbocycles. The Bertz CT molecular complexity index is 239. The van der Waals surface area contributed by atoms with E-state index in [1.54, 1.807) is 0 Å². The maximum atomic E-state index is 11.6.